The molecule has 0 N–H and O–H groups in total. The Kier molecular flexibility index (Phi) is 2.30. The van der Waals surface area contributed by atoms with E-state index in [1.54, 1.807) is 6.20 Å². The summed E-state index contributed by atoms with van der Waals surface area (Å²) in [7, 11) is 0. The van der Waals surface area contributed by atoms with Gasteiger partial charge in [0.25, 0.3) is 0 Å². The molecule has 4 nitrogen and oxygen atoms in total. The quantitative estimate of drug-likeness (QED) is 0.728. The molecule has 2 atom stereocenters. The molecule has 1 saturated heterocycles. The van der Waals surface area contributed by atoms with Crippen molar-refractivity contribution in [3.8, 4) is 6.07 Å². The minimum Gasteiger partial charge on any atom is -0.283 e. The number of rotatable bonds is 1. The lowest BCUT2D eigenvalue weighted by molar-refractivity contribution is 0.350. The number of hydrazine groups is 1. The Morgan fingerprint density at radius 1 is 1.35 bits per heavy atom. The van der Waals surface area contributed by atoms with Crippen LogP contribution in [0.5, 0.6) is 0 Å². The Morgan fingerprint density at radius 3 is 3.06 bits per heavy atom. The smallest absolute Gasteiger partial charge is 0.147 e. The number of hydrogen-bond donors (Lipinski definition) is 0. The molecule has 4 heteroatoms. The average molecular weight is 224 g/mol. The first kappa shape index (κ1) is 9.91. The summed E-state index contributed by atoms with van der Waals surface area (Å²) in [5.74, 6) is 0.869. The lowest BCUT2D eigenvalue weighted by Crippen LogP contribution is -2.37. The molecule has 0 saturated carbocycles. The van der Waals surface area contributed by atoms with Crippen LogP contribution in [0.2, 0.25) is 0 Å². The summed E-state index contributed by atoms with van der Waals surface area (Å²) in [5, 5.41) is 13.3. The molecule has 0 bridgehead atoms. The SMILES string of the molecule is N#C[C@@H]1CN(c2ccccn2)N2C=CC=CC12. The number of aromatic nitrogens is 1. The van der Waals surface area contributed by atoms with E-state index in [0.29, 0.717) is 6.54 Å². The van der Waals surface area contributed by atoms with Crippen LogP contribution in [0.4, 0.5) is 5.82 Å². The van der Waals surface area contributed by atoms with Crippen molar-refractivity contribution in [3.63, 3.8) is 0 Å². The predicted octanol–water partition coefficient (Wildman–Crippen LogP) is 1.71. The van der Waals surface area contributed by atoms with Crippen LogP contribution in [0.25, 0.3) is 0 Å². The molecule has 2 aliphatic heterocycles. The van der Waals surface area contributed by atoms with Crippen LogP contribution in [-0.4, -0.2) is 22.6 Å². The van der Waals surface area contributed by atoms with E-state index < -0.39 is 0 Å². The molecule has 2 aliphatic rings. The topological polar surface area (TPSA) is 43.2 Å². The number of anilines is 1. The summed E-state index contributed by atoms with van der Waals surface area (Å²) >= 11 is 0. The summed E-state index contributed by atoms with van der Waals surface area (Å²) < 4.78 is 0. The number of fused-ring (bicyclic) bond motifs is 1. The molecule has 1 fully saturated rings. The van der Waals surface area contributed by atoms with Gasteiger partial charge >= 0.3 is 0 Å². The fourth-order valence-electron chi connectivity index (χ4n) is 2.29. The van der Waals surface area contributed by atoms with E-state index in [1.165, 1.54) is 0 Å². The maximum absolute atomic E-state index is 9.19. The highest BCUT2D eigenvalue weighted by molar-refractivity contribution is 5.41. The molecule has 3 rings (SSSR count). The molecule has 0 spiro atoms. The number of hydrogen-bond acceptors (Lipinski definition) is 4. The van der Waals surface area contributed by atoms with E-state index >= 15 is 0 Å². The first-order valence-electron chi connectivity index (χ1n) is 5.61. The van der Waals surface area contributed by atoms with Crippen LogP contribution < -0.4 is 5.01 Å². The van der Waals surface area contributed by atoms with Crippen molar-refractivity contribution in [2.75, 3.05) is 11.6 Å². The fourth-order valence-corrected chi connectivity index (χ4v) is 2.29. The number of nitriles is 1. The van der Waals surface area contributed by atoms with Gasteiger partial charge in [-0.1, -0.05) is 18.2 Å². The molecule has 1 unspecified atom stereocenters. The van der Waals surface area contributed by atoms with Gasteiger partial charge in [-0.2, -0.15) is 5.26 Å². The second-order valence-electron chi connectivity index (χ2n) is 4.10. The van der Waals surface area contributed by atoms with Gasteiger partial charge in [-0.25, -0.2) is 4.98 Å². The Bertz CT molecular complexity index is 500. The molecular formula is C13H12N4. The van der Waals surface area contributed by atoms with Crippen LogP contribution in [0.3, 0.4) is 0 Å². The third-order valence-electron chi connectivity index (χ3n) is 3.10. The molecule has 1 aromatic heterocycles. The van der Waals surface area contributed by atoms with Crippen LogP contribution in [0, 0.1) is 17.2 Å². The fraction of sp³-hybridized carbons (Fsp3) is 0.231. The van der Waals surface area contributed by atoms with Crippen LogP contribution in [-0.2, 0) is 0 Å². The van der Waals surface area contributed by atoms with Gasteiger partial charge < -0.3 is 0 Å². The van der Waals surface area contributed by atoms with Crippen molar-refractivity contribution >= 4 is 5.82 Å². The Morgan fingerprint density at radius 2 is 2.29 bits per heavy atom. The molecule has 0 amide bonds. The molecule has 1 aromatic rings. The normalized spacial score (nSPS) is 25.8. The van der Waals surface area contributed by atoms with Crippen molar-refractivity contribution in [2.24, 2.45) is 5.92 Å². The van der Waals surface area contributed by atoms with Crippen molar-refractivity contribution in [1.29, 1.82) is 5.26 Å². The Labute approximate surface area is 100 Å². The lowest BCUT2D eigenvalue weighted by Gasteiger charge is -2.31. The van der Waals surface area contributed by atoms with E-state index in [9.17, 15) is 5.26 Å². The van der Waals surface area contributed by atoms with Gasteiger partial charge in [0.1, 0.15) is 5.82 Å². The van der Waals surface area contributed by atoms with Gasteiger partial charge in [0, 0.05) is 12.4 Å². The molecule has 84 valence electrons. The highest BCUT2D eigenvalue weighted by Gasteiger charge is 2.38. The zero-order valence-corrected chi connectivity index (χ0v) is 9.27. The molecular weight excluding hydrogens is 212 g/mol. The van der Waals surface area contributed by atoms with Crippen molar-refractivity contribution in [2.45, 2.75) is 6.04 Å². The molecule has 0 aromatic carbocycles. The van der Waals surface area contributed by atoms with Crippen molar-refractivity contribution in [3.05, 3.63) is 48.8 Å². The number of nitrogens with zero attached hydrogens (tertiary/aromatic N) is 4. The Hall–Kier alpha value is -2.28. The lowest BCUT2D eigenvalue weighted by atomic mass is 10.0. The summed E-state index contributed by atoms with van der Waals surface area (Å²) in [6.45, 7) is 0.687. The first-order chi connectivity index (χ1) is 8.40. The molecule has 0 aliphatic carbocycles. The number of allylic oxidation sites excluding steroid dienone is 2. The largest absolute Gasteiger partial charge is 0.283 e. The van der Waals surface area contributed by atoms with Gasteiger partial charge in [0.05, 0.1) is 24.6 Å². The zero-order valence-electron chi connectivity index (χ0n) is 9.27. The van der Waals surface area contributed by atoms with E-state index in [2.05, 4.69) is 27.1 Å². The summed E-state index contributed by atoms with van der Waals surface area (Å²) in [6.07, 6.45) is 9.81. The second-order valence-corrected chi connectivity index (χ2v) is 4.10. The summed E-state index contributed by atoms with van der Waals surface area (Å²) in [4.78, 5) is 4.34. The van der Waals surface area contributed by atoms with E-state index in [4.69, 9.17) is 0 Å². The third kappa shape index (κ3) is 1.56. The van der Waals surface area contributed by atoms with Gasteiger partial charge in [-0.05, 0) is 18.2 Å². The van der Waals surface area contributed by atoms with Crippen LogP contribution in [0.15, 0.2) is 48.8 Å². The van der Waals surface area contributed by atoms with Gasteiger partial charge in [0.15, 0.2) is 0 Å². The van der Waals surface area contributed by atoms with Crippen LogP contribution in [0.1, 0.15) is 0 Å². The maximum atomic E-state index is 9.19. The standard InChI is InChI=1S/C13H12N4/c14-9-11-10-17(13-6-1-3-7-15-13)16-8-4-2-5-12(11)16/h1-8,11-12H,10H2/t11-,12?/m1/s1. The highest BCUT2D eigenvalue weighted by atomic mass is 15.7. The second kappa shape index (κ2) is 3.95. The zero-order chi connectivity index (χ0) is 11.7. The summed E-state index contributed by atoms with van der Waals surface area (Å²) in [6, 6.07) is 8.31. The monoisotopic (exact) mass is 224 g/mol. The van der Waals surface area contributed by atoms with Crippen molar-refractivity contribution in [1.82, 2.24) is 9.99 Å². The average Bonchev–Trinajstić information content (AvgIpc) is 2.78. The molecule has 17 heavy (non-hydrogen) atoms. The predicted molar refractivity (Wildman–Crippen MR) is 64.6 cm³/mol. The Balaban J connectivity index is 1.95. The van der Waals surface area contributed by atoms with Gasteiger partial charge in [0.2, 0.25) is 0 Å². The van der Waals surface area contributed by atoms with Crippen molar-refractivity contribution < 1.29 is 0 Å². The van der Waals surface area contributed by atoms with Gasteiger partial charge in [-0.3, -0.25) is 10.0 Å². The van der Waals surface area contributed by atoms with E-state index in [0.717, 1.165) is 5.82 Å². The minimum absolute atomic E-state index is 0.0155. The third-order valence-corrected chi connectivity index (χ3v) is 3.10. The van der Waals surface area contributed by atoms with E-state index in [-0.39, 0.29) is 12.0 Å². The maximum Gasteiger partial charge on any atom is 0.147 e. The van der Waals surface area contributed by atoms with Crippen LogP contribution >= 0.6 is 0 Å². The first-order valence-corrected chi connectivity index (χ1v) is 5.61. The molecule has 0 radical (unpaired) electrons. The van der Waals surface area contributed by atoms with Gasteiger partial charge in [-0.15, -0.1) is 0 Å². The number of pyridine rings is 1. The molecule has 3 heterocycles. The highest BCUT2D eigenvalue weighted by Crippen LogP contribution is 2.30. The minimum atomic E-state index is -0.0155. The summed E-state index contributed by atoms with van der Waals surface area (Å²) in [5.41, 5.74) is 0. The van der Waals surface area contributed by atoms with E-state index in [1.807, 2.05) is 36.6 Å².